The average molecular weight is 290 g/mol. The molecule has 0 aliphatic heterocycles. The van der Waals surface area contributed by atoms with Crippen molar-refractivity contribution in [1.82, 2.24) is 4.90 Å². The smallest absolute Gasteiger partial charge is 0.341 e. The van der Waals surface area contributed by atoms with Gasteiger partial charge in [0.2, 0.25) is 0 Å². The van der Waals surface area contributed by atoms with Crippen LogP contribution < -0.4 is 10.1 Å². The van der Waals surface area contributed by atoms with Crippen molar-refractivity contribution in [2.24, 2.45) is 0 Å². The van der Waals surface area contributed by atoms with Crippen LogP contribution in [0.5, 0.6) is 5.75 Å². The Morgan fingerprint density at radius 2 is 1.95 bits per heavy atom. The summed E-state index contributed by atoms with van der Waals surface area (Å²) in [5, 5.41) is 11.3. The third-order valence-corrected chi connectivity index (χ3v) is 2.43. The van der Waals surface area contributed by atoms with Gasteiger partial charge in [0, 0.05) is 24.8 Å². The SMILES string of the molecule is C=CCN(CC=C)C(=O)Nc1cccc(OCC(=O)O)c1. The van der Waals surface area contributed by atoms with Crippen molar-refractivity contribution in [3.63, 3.8) is 0 Å². The minimum Gasteiger partial charge on any atom is -0.482 e. The molecular weight excluding hydrogens is 272 g/mol. The third-order valence-electron chi connectivity index (χ3n) is 2.43. The van der Waals surface area contributed by atoms with Crippen LogP contribution in [-0.4, -0.2) is 41.7 Å². The van der Waals surface area contributed by atoms with Crippen molar-refractivity contribution in [3.8, 4) is 5.75 Å². The minimum atomic E-state index is -1.06. The molecule has 2 amide bonds. The number of carboxylic acid groups (broad SMARTS) is 1. The maximum atomic E-state index is 12.1. The molecule has 0 saturated heterocycles. The molecule has 0 radical (unpaired) electrons. The largest absolute Gasteiger partial charge is 0.482 e. The first kappa shape index (κ1) is 16.3. The number of anilines is 1. The third kappa shape index (κ3) is 5.82. The highest BCUT2D eigenvalue weighted by Gasteiger charge is 2.11. The van der Waals surface area contributed by atoms with Crippen LogP contribution in [0.25, 0.3) is 0 Å². The molecule has 1 aromatic carbocycles. The topological polar surface area (TPSA) is 78.9 Å². The second-order valence-electron chi connectivity index (χ2n) is 4.12. The normalized spacial score (nSPS) is 9.52. The number of hydrogen-bond donors (Lipinski definition) is 2. The first-order chi connectivity index (χ1) is 10.1. The van der Waals surface area contributed by atoms with Gasteiger partial charge in [-0.3, -0.25) is 0 Å². The van der Waals surface area contributed by atoms with E-state index in [2.05, 4.69) is 18.5 Å². The van der Waals surface area contributed by atoms with Crippen molar-refractivity contribution in [2.45, 2.75) is 0 Å². The van der Waals surface area contributed by atoms with Gasteiger partial charge >= 0.3 is 12.0 Å². The molecule has 0 atom stereocenters. The van der Waals surface area contributed by atoms with Gasteiger partial charge in [-0.1, -0.05) is 18.2 Å². The summed E-state index contributed by atoms with van der Waals surface area (Å²) in [7, 11) is 0. The van der Waals surface area contributed by atoms with Crippen molar-refractivity contribution in [2.75, 3.05) is 25.0 Å². The zero-order valence-electron chi connectivity index (χ0n) is 11.6. The Morgan fingerprint density at radius 3 is 2.52 bits per heavy atom. The molecule has 0 fully saturated rings. The fraction of sp³-hybridized carbons (Fsp3) is 0.200. The molecule has 0 unspecified atom stereocenters. The van der Waals surface area contributed by atoms with Gasteiger partial charge in [-0.2, -0.15) is 0 Å². The molecule has 0 aliphatic carbocycles. The highest BCUT2D eigenvalue weighted by atomic mass is 16.5. The Balaban J connectivity index is 2.70. The van der Waals surface area contributed by atoms with E-state index in [1.54, 1.807) is 36.4 Å². The molecule has 0 aromatic heterocycles. The van der Waals surface area contributed by atoms with E-state index in [0.717, 1.165) is 0 Å². The first-order valence-corrected chi connectivity index (χ1v) is 6.29. The van der Waals surface area contributed by atoms with Crippen LogP contribution in [0.2, 0.25) is 0 Å². The number of rotatable bonds is 8. The van der Waals surface area contributed by atoms with Crippen LogP contribution in [0.1, 0.15) is 0 Å². The van der Waals surface area contributed by atoms with Gasteiger partial charge in [0.25, 0.3) is 0 Å². The molecular formula is C15H18N2O4. The molecule has 21 heavy (non-hydrogen) atoms. The van der Waals surface area contributed by atoms with E-state index in [9.17, 15) is 9.59 Å². The number of carboxylic acids is 1. The quantitative estimate of drug-likeness (QED) is 0.720. The Morgan fingerprint density at radius 1 is 1.29 bits per heavy atom. The van der Waals surface area contributed by atoms with Gasteiger partial charge < -0.3 is 20.1 Å². The molecule has 1 aromatic rings. The molecule has 6 heteroatoms. The number of aliphatic carboxylic acids is 1. The summed E-state index contributed by atoms with van der Waals surface area (Å²) in [5.74, 6) is -0.693. The zero-order chi connectivity index (χ0) is 15.7. The van der Waals surface area contributed by atoms with Gasteiger partial charge in [-0.25, -0.2) is 9.59 Å². The van der Waals surface area contributed by atoms with E-state index in [4.69, 9.17) is 9.84 Å². The second-order valence-corrected chi connectivity index (χ2v) is 4.12. The molecule has 0 bridgehead atoms. The molecule has 112 valence electrons. The second kappa shape index (κ2) is 8.42. The Labute approximate surface area is 123 Å². The lowest BCUT2D eigenvalue weighted by Gasteiger charge is -2.20. The number of nitrogens with one attached hydrogen (secondary N) is 1. The predicted octanol–water partition coefficient (Wildman–Crippen LogP) is 2.36. The molecule has 1 rings (SSSR count). The monoisotopic (exact) mass is 290 g/mol. The minimum absolute atomic E-state index is 0.301. The van der Waals surface area contributed by atoms with E-state index in [0.29, 0.717) is 24.5 Å². The Bertz CT molecular complexity index is 518. The average Bonchev–Trinajstić information content (AvgIpc) is 2.45. The zero-order valence-corrected chi connectivity index (χ0v) is 11.6. The van der Waals surface area contributed by atoms with E-state index < -0.39 is 12.6 Å². The number of ether oxygens (including phenoxy) is 1. The van der Waals surface area contributed by atoms with Crippen LogP contribution >= 0.6 is 0 Å². The van der Waals surface area contributed by atoms with Crippen LogP contribution in [0.15, 0.2) is 49.6 Å². The molecule has 0 spiro atoms. The lowest BCUT2D eigenvalue weighted by molar-refractivity contribution is -0.139. The van der Waals surface area contributed by atoms with Crippen molar-refractivity contribution in [3.05, 3.63) is 49.6 Å². The lowest BCUT2D eigenvalue weighted by atomic mass is 10.3. The molecule has 0 aliphatic rings. The fourth-order valence-corrected chi connectivity index (χ4v) is 1.56. The van der Waals surface area contributed by atoms with Gasteiger partial charge in [-0.05, 0) is 12.1 Å². The summed E-state index contributed by atoms with van der Waals surface area (Å²) >= 11 is 0. The number of urea groups is 1. The van der Waals surface area contributed by atoms with Crippen molar-refractivity contribution < 1.29 is 19.4 Å². The Hall–Kier alpha value is -2.76. The number of nitrogens with zero attached hydrogens (tertiary/aromatic N) is 1. The molecule has 2 N–H and O–H groups in total. The maximum Gasteiger partial charge on any atom is 0.341 e. The highest BCUT2D eigenvalue weighted by Crippen LogP contribution is 2.17. The van der Waals surface area contributed by atoms with E-state index >= 15 is 0 Å². The number of carbonyl (C=O) groups excluding carboxylic acids is 1. The van der Waals surface area contributed by atoms with Crippen molar-refractivity contribution in [1.29, 1.82) is 0 Å². The van der Waals surface area contributed by atoms with E-state index in [-0.39, 0.29) is 6.03 Å². The van der Waals surface area contributed by atoms with Gasteiger partial charge in [0.1, 0.15) is 5.75 Å². The van der Waals surface area contributed by atoms with E-state index in [1.165, 1.54) is 4.90 Å². The first-order valence-electron chi connectivity index (χ1n) is 6.29. The molecule has 0 saturated carbocycles. The van der Waals surface area contributed by atoms with E-state index in [1.807, 2.05) is 0 Å². The molecule has 6 nitrogen and oxygen atoms in total. The predicted molar refractivity (Wildman–Crippen MR) is 80.6 cm³/mol. The number of amides is 2. The summed E-state index contributed by atoms with van der Waals surface area (Å²) < 4.78 is 5.05. The van der Waals surface area contributed by atoms with Crippen molar-refractivity contribution >= 4 is 17.7 Å². The van der Waals surface area contributed by atoms with Crippen LogP contribution in [0.3, 0.4) is 0 Å². The summed E-state index contributed by atoms with van der Waals surface area (Å²) in [6.45, 7) is 7.55. The number of hydrogen-bond acceptors (Lipinski definition) is 3. The van der Waals surface area contributed by atoms with Gasteiger partial charge in [-0.15, -0.1) is 13.2 Å². The summed E-state index contributed by atoms with van der Waals surface area (Å²) in [4.78, 5) is 24.0. The Kier molecular flexibility index (Phi) is 6.53. The standard InChI is InChI=1S/C15H18N2O4/c1-3-8-17(9-4-2)15(20)16-12-6-5-7-13(10-12)21-11-14(18)19/h3-7,10H,1-2,8-9,11H2,(H,16,20)(H,18,19). The molecule has 0 heterocycles. The summed E-state index contributed by atoms with van der Waals surface area (Å²) in [5.41, 5.74) is 0.515. The van der Waals surface area contributed by atoms with Crippen LogP contribution in [0.4, 0.5) is 10.5 Å². The number of carbonyl (C=O) groups is 2. The lowest BCUT2D eigenvalue weighted by Crippen LogP contribution is -2.35. The summed E-state index contributed by atoms with van der Waals surface area (Å²) in [6, 6.07) is 6.22. The van der Waals surface area contributed by atoms with Gasteiger partial charge in [0.15, 0.2) is 6.61 Å². The van der Waals surface area contributed by atoms with Crippen LogP contribution in [-0.2, 0) is 4.79 Å². The van der Waals surface area contributed by atoms with Gasteiger partial charge in [0.05, 0.1) is 0 Å². The number of benzene rings is 1. The highest BCUT2D eigenvalue weighted by molar-refractivity contribution is 5.89. The van der Waals surface area contributed by atoms with Crippen LogP contribution in [0, 0.1) is 0 Å². The maximum absolute atomic E-state index is 12.1. The summed E-state index contributed by atoms with van der Waals surface area (Å²) in [6.07, 6.45) is 3.24. The fourth-order valence-electron chi connectivity index (χ4n) is 1.56.